The van der Waals surface area contributed by atoms with Gasteiger partial charge in [-0.15, -0.1) is 0 Å². The second kappa shape index (κ2) is 8.12. The fourth-order valence-electron chi connectivity index (χ4n) is 3.24. The lowest BCUT2D eigenvalue weighted by molar-refractivity contribution is -0.115. The minimum atomic E-state index is -0.114. The summed E-state index contributed by atoms with van der Waals surface area (Å²) in [5.41, 5.74) is 2.56. The number of carbonyl (C=O) groups is 1. The Balaban J connectivity index is 1.39. The number of nitrogens with one attached hydrogen (secondary N) is 2. The van der Waals surface area contributed by atoms with Crippen molar-refractivity contribution < 1.29 is 9.21 Å². The maximum atomic E-state index is 12.0. The normalized spacial score (nSPS) is 13.5. The highest BCUT2D eigenvalue weighted by molar-refractivity contribution is 5.92. The Labute approximate surface area is 163 Å². The molecule has 3 heterocycles. The standard InChI is InChI=1S/C21H23N5O2/c1-15-13-19(25-21(22-15)26-10-2-3-11-26)23-16-6-8-17(9-7-16)24-20(27)14-18-5-4-12-28-18/h4-9,12-13H,2-3,10-11,14H2,1H3,(H,24,27)(H,22,23,25). The van der Waals surface area contributed by atoms with Crippen LogP contribution in [-0.4, -0.2) is 29.0 Å². The number of aromatic nitrogens is 2. The molecule has 0 bridgehead atoms. The Kier molecular flexibility index (Phi) is 5.23. The first-order chi connectivity index (χ1) is 13.7. The average Bonchev–Trinajstić information content (AvgIpc) is 3.37. The SMILES string of the molecule is Cc1cc(Nc2ccc(NC(=O)Cc3ccco3)cc2)nc(N2CCCC2)n1. The van der Waals surface area contributed by atoms with Crippen LogP contribution in [-0.2, 0) is 11.2 Å². The molecular weight excluding hydrogens is 354 g/mol. The van der Waals surface area contributed by atoms with Crippen molar-refractivity contribution in [1.29, 1.82) is 0 Å². The molecule has 1 aliphatic rings. The third-order valence-corrected chi connectivity index (χ3v) is 4.59. The molecule has 3 aromatic rings. The van der Waals surface area contributed by atoms with E-state index in [2.05, 4.69) is 25.5 Å². The minimum absolute atomic E-state index is 0.114. The molecule has 0 spiro atoms. The fourth-order valence-corrected chi connectivity index (χ4v) is 3.24. The zero-order valence-electron chi connectivity index (χ0n) is 15.8. The molecule has 144 valence electrons. The second-order valence-corrected chi connectivity index (χ2v) is 6.90. The molecule has 0 radical (unpaired) electrons. The van der Waals surface area contributed by atoms with Gasteiger partial charge in [0.1, 0.15) is 11.6 Å². The number of furan rings is 1. The van der Waals surface area contributed by atoms with E-state index in [4.69, 9.17) is 4.42 Å². The summed E-state index contributed by atoms with van der Waals surface area (Å²) in [5.74, 6) is 2.08. The highest BCUT2D eigenvalue weighted by Gasteiger charge is 2.16. The summed E-state index contributed by atoms with van der Waals surface area (Å²) in [6.07, 6.45) is 4.15. The van der Waals surface area contributed by atoms with Crippen molar-refractivity contribution >= 4 is 29.0 Å². The first-order valence-electron chi connectivity index (χ1n) is 9.46. The van der Waals surface area contributed by atoms with Crippen molar-refractivity contribution in [3.8, 4) is 0 Å². The molecule has 4 rings (SSSR count). The molecule has 1 fully saturated rings. The lowest BCUT2D eigenvalue weighted by atomic mass is 10.2. The smallest absolute Gasteiger partial charge is 0.231 e. The molecule has 0 aliphatic carbocycles. The van der Waals surface area contributed by atoms with Gasteiger partial charge in [0, 0.05) is 36.2 Å². The van der Waals surface area contributed by atoms with E-state index in [1.54, 1.807) is 18.4 Å². The van der Waals surface area contributed by atoms with Gasteiger partial charge in [-0.3, -0.25) is 4.79 Å². The van der Waals surface area contributed by atoms with Crippen molar-refractivity contribution in [2.45, 2.75) is 26.2 Å². The van der Waals surface area contributed by atoms with Crippen LogP contribution in [0.2, 0.25) is 0 Å². The predicted octanol–water partition coefficient (Wildman–Crippen LogP) is 3.90. The molecule has 1 aromatic carbocycles. The lowest BCUT2D eigenvalue weighted by Gasteiger charge is -2.17. The molecule has 28 heavy (non-hydrogen) atoms. The molecule has 2 aromatic heterocycles. The van der Waals surface area contributed by atoms with Crippen molar-refractivity contribution in [2.24, 2.45) is 0 Å². The second-order valence-electron chi connectivity index (χ2n) is 6.90. The molecule has 0 unspecified atom stereocenters. The van der Waals surface area contributed by atoms with Crippen LogP contribution in [0.15, 0.2) is 53.1 Å². The molecule has 7 nitrogen and oxygen atoms in total. The van der Waals surface area contributed by atoms with Gasteiger partial charge in [-0.2, -0.15) is 4.98 Å². The van der Waals surface area contributed by atoms with Gasteiger partial charge in [0.15, 0.2) is 0 Å². The van der Waals surface area contributed by atoms with E-state index in [-0.39, 0.29) is 12.3 Å². The van der Waals surface area contributed by atoms with Crippen molar-refractivity contribution in [3.63, 3.8) is 0 Å². The number of carbonyl (C=O) groups excluding carboxylic acids is 1. The summed E-state index contributed by atoms with van der Waals surface area (Å²) >= 11 is 0. The number of nitrogens with zero attached hydrogens (tertiary/aromatic N) is 3. The van der Waals surface area contributed by atoms with Gasteiger partial charge in [-0.05, 0) is 56.2 Å². The van der Waals surface area contributed by atoms with Gasteiger partial charge in [-0.1, -0.05) is 0 Å². The molecule has 7 heteroatoms. The Hall–Kier alpha value is -3.35. The molecule has 1 saturated heterocycles. The highest BCUT2D eigenvalue weighted by atomic mass is 16.3. The number of amides is 1. The first-order valence-corrected chi connectivity index (χ1v) is 9.46. The van der Waals surface area contributed by atoms with Crippen LogP contribution in [0.3, 0.4) is 0 Å². The molecule has 2 N–H and O–H groups in total. The summed E-state index contributed by atoms with van der Waals surface area (Å²) < 4.78 is 5.20. The van der Waals surface area contributed by atoms with Crippen LogP contribution >= 0.6 is 0 Å². The van der Waals surface area contributed by atoms with Crippen molar-refractivity contribution in [2.75, 3.05) is 28.6 Å². The maximum absolute atomic E-state index is 12.0. The summed E-state index contributed by atoms with van der Waals surface area (Å²) in [6.45, 7) is 3.99. The summed E-state index contributed by atoms with van der Waals surface area (Å²) in [4.78, 5) is 23.5. The number of benzene rings is 1. The number of aryl methyl sites for hydroxylation is 1. The largest absolute Gasteiger partial charge is 0.469 e. The van der Waals surface area contributed by atoms with E-state index < -0.39 is 0 Å². The molecular formula is C21H23N5O2. The fraction of sp³-hybridized carbons (Fsp3) is 0.286. The molecule has 1 aliphatic heterocycles. The summed E-state index contributed by atoms with van der Waals surface area (Å²) in [7, 11) is 0. The monoisotopic (exact) mass is 377 g/mol. The van der Waals surface area contributed by atoms with Crippen LogP contribution in [0.5, 0.6) is 0 Å². The van der Waals surface area contributed by atoms with Gasteiger partial charge >= 0.3 is 0 Å². The number of rotatable bonds is 6. The summed E-state index contributed by atoms with van der Waals surface area (Å²) in [6, 6.07) is 13.0. The van der Waals surface area contributed by atoms with E-state index >= 15 is 0 Å². The maximum Gasteiger partial charge on any atom is 0.231 e. The van der Waals surface area contributed by atoms with E-state index in [0.29, 0.717) is 5.76 Å². The summed E-state index contributed by atoms with van der Waals surface area (Å²) in [5, 5.41) is 6.19. The van der Waals surface area contributed by atoms with Crippen molar-refractivity contribution in [3.05, 3.63) is 60.2 Å². The average molecular weight is 377 g/mol. The lowest BCUT2D eigenvalue weighted by Crippen LogP contribution is -2.21. The third kappa shape index (κ3) is 4.49. The van der Waals surface area contributed by atoms with Crippen molar-refractivity contribution in [1.82, 2.24) is 9.97 Å². The number of hydrogen-bond donors (Lipinski definition) is 2. The Bertz CT molecular complexity index is 932. The quantitative estimate of drug-likeness (QED) is 0.678. The van der Waals surface area contributed by atoms with E-state index in [1.165, 1.54) is 12.8 Å². The van der Waals surface area contributed by atoms with E-state index in [0.717, 1.165) is 41.9 Å². The highest BCUT2D eigenvalue weighted by Crippen LogP contribution is 2.22. The van der Waals surface area contributed by atoms with E-state index in [9.17, 15) is 4.79 Å². The first kappa shape index (κ1) is 18.0. The van der Waals surface area contributed by atoms with Crippen LogP contribution in [0.25, 0.3) is 0 Å². The van der Waals surface area contributed by atoms with Crippen LogP contribution < -0.4 is 15.5 Å². The number of anilines is 4. The topological polar surface area (TPSA) is 83.3 Å². The van der Waals surface area contributed by atoms with Gasteiger partial charge in [0.05, 0.1) is 12.7 Å². The molecule has 1 amide bonds. The van der Waals surface area contributed by atoms with Crippen LogP contribution in [0.4, 0.5) is 23.1 Å². The van der Waals surface area contributed by atoms with Crippen LogP contribution in [0, 0.1) is 6.92 Å². The van der Waals surface area contributed by atoms with Gasteiger partial charge in [-0.25, -0.2) is 4.98 Å². The van der Waals surface area contributed by atoms with Gasteiger partial charge < -0.3 is 20.0 Å². The van der Waals surface area contributed by atoms with E-state index in [1.807, 2.05) is 37.3 Å². The number of hydrogen-bond acceptors (Lipinski definition) is 6. The van der Waals surface area contributed by atoms with Crippen LogP contribution in [0.1, 0.15) is 24.3 Å². The Morgan fingerprint density at radius 1 is 1.11 bits per heavy atom. The minimum Gasteiger partial charge on any atom is -0.469 e. The van der Waals surface area contributed by atoms with Gasteiger partial charge in [0.2, 0.25) is 11.9 Å². The molecule has 0 atom stereocenters. The third-order valence-electron chi connectivity index (χ3n) is 4.59. The zero-order valence-corrected chi connectivity index (χ0v) is 15.8. The molecule has 0 saturated carbocycles. The van der Waals surface area contributed by atoms with Gasteiger partial charge in [0.25, 0.3) is 0 Å². The zero-order chi connectivity index (χ0) is 19.3. The predicted molar refractivity (Wildman–Crippen MR) is 109 cm³/mol. The Morgan fingerprint density at radius 3 is 2.57 bits per heavy atom. The Morgan fingerprint density at radius 2 is 1.86 bits per heavy atom.